The number of carbonyl (C=O) groups excluding carboxylic acids is 1. The maximum Gasteiger partial charge on any atom is 0.197 e. The van der Waals surface area contributed by atoms with Crippen LogP contribution in [0.5, 0.6) is 17.2 Å². The predicted octanol–water partition coefficient (Wildman–Crippen LogP) is 7.59. The SMILES string of the molecule is CCOc1cc2c(c(F)c1OCC)C1(CC1C)N(CC(=O)c1cc(N3CCCCC3)c(OC)c(C(C)(C)C)c1)C2(C)C. The first-order valence-electron chi connectivity index (χ1n) is 15.7. The van der Waals surface area contributed by atoms with Crippen molar-refractivity contribution in [2.24, 2.45) is 5.92 Å². The topological polar surface area (TPSA) is 51.2 Å². The number of carbonyl (C=O) groups is 1. The van der Waals surface area contributed by atoms with Gasteiger partial charge in [-0.05, 0) is 88.5 Å². The highest BCUT2D eigenvalue weighted by Gasteiger charge is 2.67. The summed E-state index contributed by atoms with van der Waals surface area (Å²) >= 11 is 0. The number of rotatable bonds is 9. The first-order chi connectivity index (χ1) is 19.8. The van der Waals surface area contributed by atoms with Crippen LogP contribution in [0.15, 0.2) is 18.2 Å². The van der Waals surface area contributed by atoms with Crippen LogP contribution in [0.3, 0.4) is 0 Å². The normalized spacial score (nSPS) is 23.2. The van der Waals surface area contributed by atoms with Gasteiger partial charge in [-0.15, -0.1) is 0 Å². The molecule has 5 rings (SSSR count). The fourth-order valence-corrected chi connectivity index (χ4v) is 7.46. The Bertz CT molecular complexity index is 1360. The van der Waals surface area contributed by atoms with Crippen molar-refractivity contribution < 1.29 is 23.4 Å². The van der Waals surface area contributed by atoms with Crippen LogP contribution in [-0.2, 0) is 16.5 Å². The summed E-state index contributed by atoms with van der Waals surface area (Å²) in [4.78, 5) is 19.0. The fourth-order valence-electron chi connectivity index (χ4n) is 7.46. The van der Waals surface area contributed by atoms with Crippen molar-refractivity contribution in [2.45, 2.75) is 97.6 Å². The molecule has 2 unspecified atom stereocenters. The standard InChI is InChI=1S/C35H49FN2O4/c1-10-41-28-19-24-29(30(36)32(28)42-11-2)35(20-22(35)3)38(34(24,7)8)21-27(39)23-17-25(33(4,5)6)31(40-9)26(18-23)37-15-13-12-14-16-37/h17-19,22H,10-16,20-21H2,1-9H3. The second-order valence-corrected chi connectivity index (χ2v) is 13.8. The third-order valence-electron chi connectivity index (χ3n) is 9.70. The van der Waals surface area contributed by atoms with E-state index in [9.17, 15) is 4.79 Å². The minimum absolute atomic E-state index is 0.0382. The van der Waals surface area contributed by atoms with Crippen LogP contribution in [0.25, 0.3) is 0 Å². The van der Waals surface area contributed by atoms with E-state index in [-0.39, 0.29) is 35.2 Å². The Hall–Kier alpha value is -2.80. The number of hydrogen-bond acceptors (Lipinski definition) is 6. The summed E-state index contributed by atoms with van der Waals surface area (Å²) in [6.07, 6.45) is 4.28. The molecule has 0 bridgehead atoms. The van der Waals surface area contributed by atoms with Crippen molar-refractivity contribution in [3.05, 3.63) is 46.3 Å². The van der Waals surface area contributed by atoms with E-state index in [1.807, 2.05) is 32.0 Å². The van der Waals surface area contributed by atoms with E-state index in [1.54, 1.807) is 7.11 Å². The van der Waals surface area contributed by atoms with Gasteiger partial charge in [0, 0.05) is 35.3 Å². The lowest BCUT2D eigenvalue weighted by Gasteiger charge is -2.37. The van der Waals surface area contributed by atoms with E-state index in [0.717, 1.165) is 54.9 Å². The minimum Gasteiger partial charge on any atom is -0.494 e. The van der Waals surface area contributed by atoms with Crippen LogP contribution < -0.4 is 19.1 Å². The average molecular weight is 581 g/mol. The number of anilines is 1. The molecule has 1 spiro atoms. The molecule has 0 N–H and O–H groups in total. The molecule has 2 aromatic carbocycles. The van der Waals surface area contributed by atoms with Gasteiger partial charge in [-0.3, -0.25) is 9.69 Å². The number of methoxy groups -OCH3 is 1. The maximum absolute atomic E-state index is 16.4. The molecular weight excluding hydrogens is 531 g/mol. The van der Waals surface area contributed by atoms with E-state index in [0.29, 0.717) is 30.1 Å². The molecule has 1 aliphatic carbocycles. The molecule has 0 radical (unpaired) electrons. The molecule has 0 aromatic heterocycles. The first kappa shape index (κ1) is 30.7. The first-order valence-corrected chi connectivity index (χ1v) is 15.7. The molecule has 2 aliphatic heterocycles. The number of ketones is 1. The summed E-state index contributed by atoms with van der Waals surface area (Å²) < 4.78 is 34.1. The number of ether oxygens (including phenoxy) is 3. The fraction of sp³-hybridized carbons (Fsp3) is 0.629. The highest BCUT2D eigenvalue weighted by atomic mass is 19.1. The van der Waals surface area contributed by atoms with Gasteiger partial charge in [0.2, 0.25) is 0 Å². The van der Waals surface area contributed by atoms with Crippen LogP contribution in [0.4, 0.5) is 10.1 Å². The van der Waals surface area contributed by atoms with E-state index in [2.05, 4.69) is 51.3 Å². The Labute approximate surface area is 251 Å². The molecule has 2 aromatic rings. The summed E-state index contributed by atoms with van der Waals surface area (Å²) in [5, 5.41) is 0. The van der Waals surface area contributed by atoms with Crippen LogP contribution >= 0.6 is 0 Å². The minimum atomic E-state index is -0.581. The van der Waals surface area contributed by atoms with Gasteiger partial charge in [-0.25, -0.2) is 4.39 Å². The second kappa shape index (κ2) is 11.0. The van der Waals surface area contributed by atoms with Crippen molar-refractivity contribution in [3.63, 3.8) is 0 Å². The summed E-state index contributed by atoms with van der Waals surface area (Å²) in [6.45, 7) is 19.4. The smallest absolute Gasteiger partial charge is 0.197 e. The lowest BCUT2D eigenvalue weighted by Crippen LogP contribution is -2.45. The molecule has 230 valence electrons. The molecule has 1 saturated heterocycles. The molecule has 7 heteroatoms. The Kier molecular flexibility index (Phi) is 8.06. The zero-order valence-corrected chi connectivity index (χ0v) is 27.1. The van der Waals surface area contributed by atoms with Crippen LogP contribution in [0.1, 0.15) is 108 Å². The molecular formula is C35H49FN2O4. The van der Waals surface area contributed by atoms with Crippen molar-refractivity contribution in [1.82, 2.24) is 4.90 Å². The number of fused-ring (bicyclic) bond motifs is 2. The number of Topliss-reactive ketones (excluding diaryl/α,β-unsaturated/α-hetero) is 1. The molecule has 3 aliphatic rings. The van der Waals surface area contributed by atoms with Gasteiger partial charge in [-0.2, -0.15) is 0 Å². The van der Waals surface area contributed by atoms with Gasteiger partial charge in [0.05, 0.1) is 38.1 Å². The quantitative estimate of drug-likeness (QED) is 0.285. The number of benzene rings is 2. The van der Waals surface area contributed by atoms with Crippen molar-refractivity contribution >= 4 is 11.5 Å². The highest BCUT2D eigenvalue weighted by molar-refractivity contribution is 5.99. The Morgan fingerprint density at radius 2 is 1.67 bits per heavy atom. The van der Waals surface area contributed by atoms with Crippen molar-refractivity contribution in [1.29, 1.82) is 0 Å². The van der Waals surface area contributed by atoms with Gasteiger partial charge in [0.15, 0.2) is 23.1 Å². The van der Waals surface area contributed by atoms with E-state index >= 15 is 4.39 Å². The van der Waals surface area contributed by atoms with Gasteiger partial charge in [-0.1, -0.05) is 27.7 Å². The van der Waals surface area contributed by atoms with E-state index in [1.165, 1.54) is 6.42 Å². The Morgan fingerprint density at radius 3 is 2.21 bits per heavy atom. The molecule has 2 heterocycles. The third kappa shape index (κ3) is 4.86. The van der Waals surface area contributed by atoms with Crippen LogP contribution in [-0.4, -0.2) is 50.6 Å². The molecule has 2 atom stereocenters. The molecule has 2 fully saturated rings. The molecule has 0 amide bonds. The summed E-state index contributed by atoms with van der Waals surface area (Å²) in [5.41, 5.74) is 2.91. The largest absolute Gasteiger partial charge is 0.494 e. The third-order valence-corrected chi connectivity index (χ3v) is 9.70. The number of hydrogen-bond donors (Lipinski definition) is 0. The molecule has 1 saturated carbocycles. The van der Waals surface area contributed by atoms with Gasteiger partial charge >= 0.3 is 0 Å². The lowest BCUT2D eigenvalue weighted by atomic mass is 9.84. The van der Waals surface area contributed by atoms with Crippen LogP contribution in [0.2, 0.25) is 0 Å². The highest BCUT2D eigenvalue weighted by Crippen LogP contribution is 2.67. The Balaban J connectivity index is 1.59. The van der Waals surface area contributed by atoms with Gasteiger partial charge in [0.25, 0.3) is 0 Å². The number of nitrogens with zero attached hydrogens (tertiary/aromatic N) is 2. The van der Waals surface area contributed by atoms with Gasteiger partial charge < -0.3 is 19.1 Å². The zero-order chi connectivity index (χ0) is 30.6. The molecule has 42 heavy (non-hydrogen) atoms. The van der Waals surface area contributed by atoms with Crippen LogP contribution in [0, 0.1) is 11.7 Å². The van der Waals surface area contributed by atoms with E-state index in [4.69, 9.17) is 14.2 Å². The predicted molar refractivity (Wildman–Crippen MR) is 166 cm³/mol. The zero-order valence-electron chi connectivity index (χ0n) is 27.1. The van der Waals surface area contributed by atoms with Gasteiger partial charge in [0.1, 0.15) is 5.75 Å². The number of piperidine rings is 1. The maximum atomic E-state index is 16.4. The summed E-state index contributed by atoms with van der Waals surface area (Å²) in [6, 6.07) is 6.00. The molecule has 6 nitrogen and oxygen atoms in total. The summed E-state index contributed by atoms with van der Waals surface area (Å²) in [7, 11) is 1.73. The lowest BCUT2D eigenvalue weighted by molar-refractivity contribution is 0.0568. The number of halogens is 1. The van der Waals surface area contributed by atoms with E-state index < -0.39 is 11.1 Å². The summed E-state index contributed by atoms with van der Waals surface area (Å²) in [5.74, 6) is 1.36. The second-order valence-electron chi connectivity index (χ2n) is 13.8. The van der Waals surface area contributed by atoms with Crippen molar-refractivity contribution in [3.8, 4) is 17.2 Å². The average Bonchev–Trinajstić information content (AvgIpc) is 3.57. The Morgan fingerprint density at radius 1 is 1.02 bits per heavy atom. The monoisotopic (exact) mass is 580 g/mol. The van der Waals surface area contributed by atoms with Crippen molar-refractivity contribution in [2.75, 3.05) is 44.9 Å².